The second-order valence-electron chi connectivity index (χ2n) is 4.43. The lowest BCUT2D eigenvalue weighted by Crippen LogP contribution is -2.30. The molecule has 0 spiro atoms. The normalized spacial score (nSPS) is 12.3. The van der Waals surface area contributed by atoms with Crippen molar-refractivity contribution in [2.24, 2.45) is 0 Å². The molecule has 1 aromatic carbocycles. The molecule has 1 atom stereocenters. The molecule has 0 radical (unpaired) electrons. The van der Waals surface area contributed by atoms with E-state index >= 15 is 0 Å². The van der Waals surface area contributed by atoms with Crippen LogP contribution in [0.5, 0.6) is 5.75 Å². The van der Waals surface area contributed by atoms with Crippen LogP contribution in [0.25, 0.3) is 0 Å². The van der Waals surface area contributed by atoms with E-state index in [2.05, 4.69) is 10.4 Å². The minimum Gasteiger partial charge on any atom is -0.496 e. The minimum atomic E-state index is -0.511. The number of aliphatic hydroxyl groups is 1. The highest BCUT2D eigenvalue weighted by Gasteiger charge is 2.09. The molecule has 0 bridgehead atoms. The number of benzene rings is 1. The van der Waals surface area contributed by atoms with Crippen molar-refractivity contribution in [3.63, 3.8) is 0 Å². The molecule has 0 saturated heterocycles. The molecular weight excluding hydrogens is 278 g/mol. The Morgan fingerprint density at radius 1 is 1.45 bits per heavy atom. The maximum absolute atomic E-state index is 9.91. The van der Waals surface area contributed by atoms with Crippen molar-refractivity contribution in [1.82, 2.24) is 15.1 Å². The summed E-state index contributed by atoms with van der Waals surface area (Å²) in [5, 5.41) is 17.8. The van der Waals surface area contributed by atoms with Gasteiger partial charge < -0.3 is 15.2 Å². The standard InChI is InChI=1S/C14H18ClN3O2/c1-20-14-5-2-4-13(15)12(14)9-16-8-11(19)10-18-7-3-6-17-18/h2-7,11,16,19H,8-10H2,1H3. The van der Waals surface area contributed by atoms with Gasteiger partial charge >= 0.3 is 0 Å². The van der Waals surface area contributed by atoms with E-state index in [0.29, 0.717) is 24.7 Å². The Bertz CT molecular complexity index is 531. The molecule has 1 heterocycles. The van der Waals surface area contributed by atoms with Gasteiger partial charge in [-0.05, 0) is 18.2 Å². The third-order valence-electron chi connectivity index (χ3n) is 2.93. The van der Waals surface area contributed by atoms with E-state index < -0.39 is 6.10 Å². The van der Waals surface area contributed by atoms with Gasteiger partial charge in [-0.25, -0.2) is 0 Å². The van der Waals surface area contributed by atoms with Crippen LogP contribution >= 0.6 is 11.6 Å². The fraction of sp³-hybridized carbons (Fsp3) is 0.357. The van der Waals surface area contributed by atoms with Crippen LogP contribution in [0.4, 0.5) is 0 Å². The lowest BCUT2D eigenvalue weighted by atomic mass is 10.2. The number of methoxy groups -OCH3 is 1. The van der Waals surface area contributed by atoms with Gasteiger partial charge in [-0.15, -0.1) is 0 Å². The fourth-order valence-corrected chi connectivity index (χ4v) is 2.19. The zero-order chi connectivity index (χ0) is 14.4. The van der Waals surface area contributed by atoms with Crippen LogP contribution in [0.2, 0.25) is 5.02 Å². The number of halogens is 1. The first-order valence-corrected chi connectivity index (χ1v) is 6.76. The van der Waals surface area contributed by atoms with Crippen LogP contribution in [0.3, 0.4) is 0 Å². The van der Waals surface area contributed by atoms with Crippen molar-refractivity contribution in [2.75, 3.05) is 13.7 Å². The SMILES string of the molecule is COc1cccc(Cl)c1CNCC(O)Cn1cccn1. The summed E-state index contributed by atoms with van der Waals surface area (Å²) in [6.45, 7) is 1.45. The lowest BCUT2D eigenvalue weighted by molar-refractivity contribution is 0.146. The molecule has 2 N–H and O–H groups in total. The largest absolute Gasteiger partial charge is 0.496 e. The molecule has 5 nitrogen and oxygen atoms in total. The minimum absolute atomic E-state index is 0.453. The molecule has 0 aliphatic heterocycles. The number of aliphatic hydroxyl groups excluding tert-OH is 1. The smallest absolute Gasteiger partial charge is 0.124 e. The van der Waals surface area contributed by atoms with Gasteiger partial charge in [-0.1, -0.05) is 17.7 Å². The highest BCUT2D eigenvalue weighted by Crippen LogP contribution is 2.25. The Morgan fingerprint density at radius 2 is 2.30 bits per heavy atom. The van der Waals surface area contributed by atoms with Crippen LogP contribution in [-0.2, 0) is 13.1 Å². The summed E-state index contributed by atoms with van der Waals surface area (Å²) in [5.74, 6) is 0.742. The Hall–Kier alpha value is -1.56. The molecule has 1 aromatic heterocycles. The van der Waals surface area contributed by atoms with Crippen LogP contribution in [0, 0.1) is 0 Å². The maximum atomic E-state index is 9.91. The van der Waals surface area contributed by atoms with Crippen LogP contribution in [0.15, 0.2) is 36.7 Å². The number of hydrogen-bond donors (Lipinski definition) is 2. The molecule has 108 valence electrons. The van der Waals surface area contributed by atoms with Gasteiger partial charge in [0.2, 0.25) is 0 Å². The highest BCUT2D eigenvalue weighted by molar-refractivity contribution is 6.31. The molecule has 20 heavy (non-hydrogen) atoms. The lowest BCUT2D eigenvalue weighted by Gasteiger charge is -2.14. The number of hydrogen-bond acceptors (Lipinski definition) is 4. The van der Waals surface area contributed by atoms with Gasteiger partial charge in [-0.3, -0.25) is 4.68 Å². The van der Waals surface area contributed by atoms with Crippen molar-refractivity contribution in [3.8, 4) is 5.75 Å². The van der Waals surface area contributed by atoms with Gasteiger partial charge in [0.1, 0.15) is 5.75 Å². The Labute approximate surface area is 123 Å². The molecule has 6 heteroatoms. The number of ether oxygens (including phenoxy) is 1. The summed E-state index contributed by atoms with van der Waals surface area (Å²) in [6, 6.07) is 7.36. The van der Waals surface area contributed by atoms with Gasteiger partial charge in [0.15, 0.2) is 0 Å². The van der Waals surface area contributed by atoms with Crippen LogP contribution in [0.1, 0.15) is 5.56 Å². The van der Waals surface area contributed by atoms with Crippen molar-refractivity contribution in [2.45, 2.75) is 19.2 Å². The second-order valence-corrected chi connectivity index (χ2v) is 4.84. The molecule has 1 unspecified atom stereocenters. The van der Waals surface area contributed by atoms with E-state index in [-0.39, 0.29) is 0 Å². The zero-order valence-corrected chi connectivity index (χ0v) is 12.0. The number of nitrogens with one attached hydrogen (secondary N) is 1. The van der Waals surface area contributed by atoms with E-state index in [4.69, 9.17) is 16.3 Å². The second kappa shape index (κ2) is 7.28. The first kappa shape index (κ1) is 14.8. The average molecular weight is 296 g/mol. The molecule has 0 saturated carbocycles. The van der Waals surface area contributed by atoms with E-state index in [9.17, 15) is 5.11 Å². The molecule has 0 aliphatic carbocycles. The topological polar surface area (TPSA) is 59.3 Å². The summed E-state index contributed by atoms with van der Waals surface area (Å²) >= 11 is 6.14. The van der Waals surface area contributed by atoms with Gasteiger partial charge in [0, 0.05) is 36.1 Å². The maximum Gasteiger partial charge on any atom is 0.124 e. The Kier molecular flexibility index (Phi) is 5.40. The zero-order valence-electron chi connectivity index (χ0n) is 11.3. The molecule has 2 aromatic rings. The summed E-state index contributed by atoms with van der Waals surface area (Å²) in [7, 11) is 1.61. The molecular formula is C14H18ClN3O2. The third-order valence-corrected chi connectivity index (χ3v) is 3.29. The number of rotatable bonds is 7. The van der Waals surface area contributed by atoms with Crippen molar-refractivity contribution in [3.05, 3.63) is 47.2 Å². The molecule has 2 rings (SSSR count). The highest BCUT2D eigenvalue weighted by atomic mass is 35.5. The number of aromatic nitrogens is 2. The quantitative estimate of drug-likeness (QED) is 0.816. The van der Waals surface area contributed by atoms with Gasteiger partial charge in [0.25, 0.3) is 0 Å². The Morgan fingerprint density at radius 3 is 3.00 bits per heavy atom. The predicted octanol–water partition coefficient (Wildman–Crippen LogP) is 1.70. The van der Waals surface area contributed by atoms with Crippen molar-refractivity contribution in [1.29, 1.82) is 0 Å². The predicted molar refractivity (Wildman–Crippen MR) is 77.9 cm³/mol. The third kappa shape index (κ3) is 3.96. The molecule has 0 aliphatic rings. The van der Waals surface area contributed by atoms with E-state index in [1.807, 2.05) is 30.5 Å². The van der Waals surface area contributed by atoms with Crippen molar-refractivity contribution < 1.29 is 9.84 Å². The summed E-state index contributed by atoms with van der Waals surface area (Å²) in [5.41, 5.74) is 0.892. The summed E-state index contributed by atoms with van der Waals surface area (Å²) in [6.07, 6.45) is 3.00. The van der Waals surface area contributed by atoms with E-state index in [1.165, 1.54) is 0 Å². The van der Waals surface area contributed by atoms with E-state index in [1.54, 1.807) is 18.0 Å². The van der Waals surface area contributed by atoms with Crippen LogP contribution in [-0.4, -0.2) is 34.6 Å². The first-order valence-electron chi connectivity index (χ1n) is 6.38. The molecule has 0 amide bonds. The van der Waals surface area contributed by atoms with Gasteiger partial charge in [0.05, 0.1) is 19.8 Å². The Balaban J connectivity index is 1.84. The number of nitrogens with zero attached hydrogens (tertiary/aromatic N) is 2. The summed E-state index contributed by atoms with van der Waals surface area (Å²) < 4.78 is 6.96. The fourth-order valence-electron chi connectivity index (χ4n) is 1.95. The van der Waals surface area contributed by atoms with Crippen LogP contribution < -0.4 is 10.1 Å². The summed E-state index contributed by atoms with van der Waals surface area (Å²) in [4.78, 5) is 0. The first-order chi connectivity index (χ1) is 9.70. The van der Waals surface area contributed by atoms with Crippen molar-refractivity contribution >= 4 is 11.6 Å². The average Bonchev–Trinajstić information content (AvgIpc) is 2.93. The van der Waals surface area contributed by atoms with E-state index in [0.717, 1.165) is 11.3 Å². The van der Waals surface area contributed by atoms with Gasteiger partial charge in [-0.2, -0.15) is 5.10 Å². The monoisotopic (exact) mass is 295 g/mol. The molecule has 0 fully saturated rings.